The van der Waals surface area contributed by atoms with Crippen molar-refractivity contribution < 1.29 is 4.42 Å². The second-order valence-corrected chi connectivity index (χ2v) is 4.59. The zero-order chi connectivity index (χ0) is 9.26. The first-order valence-electron chi connectivity index (χ1n) is 4.75. The highest BCUT2D eigenvalue weighted by molar-refractivity contribution is 9.10. The van der Waals surface area contributed by atoms with Crippen molar-refractivity contribution in [1.82, 2.24) is 0 Å². The van der Waals surface area contributed by atoms with Crippen molar-refractivity contribution in [3.63, 3.8) is 0 Å². The van der Waals surface area contributed by atoms with Crippen molar-refractivity contribution in [2.24, 2.45) is 11.7 Å². The van der Waals surface area contributed by atoms with E-state index in [0.717, 1.165) is 29.0 Å². The second kappa shape index (κ2) is 3.84. The molecular formula is C10H14BrNO. The fourth-order valence-electron chi connectivity index (χ4n) is 1.56. The molecule has 1 aliphatic rings. The monoisotopic (exact) mass is 243 g/mol. The van der Waals surface area contributed by atoms with Crippen LogP contribution in [0, 0.1) is 5.92 Å². The molecule has 0 spiro atoms. The van der Waals surface area contributed by atoms with Gasteiger partial charge in [-0.05, 0) is 47.2 Å². The molecule has 0 radical (unpaired) electrons. The van der Waals surface area contributed by atoms with Crippen LogP contribution in [0.4, 0.5) is 0 Å². The van der Waals surface area contributed by atoms with E-state index >= 15 is 0 Å². The fourth-order valence-corrected chi connectivity index (χ4v) is 1.96. The lowest BCUT2D eigenvalue weighted by Gasteiger charge is -2.08. The predicted molar refractivity (Wildman–Crippen MR) is 55.4 cm³/mol. The molecule has 3 heteroatoms. The summed E-state index contributed by atoms with van der Waals surface area (Å²) >= 11 is 3.43. The zero-order valence-corrected chi connectivity index (χ0v) is 9.09. The van der Waals surface area contributed by atoms with E-state index in [2.05, 4.69) is 15.9 Å². The Bertz CT molecular complexity index is 280. The van der Waals surface area contributed by atoms with Crippen LogP contribution in [-0.2, 0) is 6.42 Å². The van der Waals surface area contributed by atoms with Gasteiger partial charge in [0.1, 0.15) is 5.76 Å². The summed E-state index contributed by atoms with van der Waals surface area (Å²) in [5, 5.41) is 0. The average molecular weight is 244 g/mol. The molecule has 1 aliphatic carbocycles. The maximum Gasteiger partial charge on any atom is 0.117 e. The van der Waals surface area contributed by atoms with Gasteiger partial charge in [-0.15, -0.1) is 0 Å². The molecule has 2 nitrogen and oxygen atoms in total. The molecule has 0 aliphatic heterocycles. The molecule has 1 unspecified atom stereocenters. The number of furan rings is 1. The standard InChI is InChI=1S/C10H14BrNO/c11-8-5-6-13-10(8)4-3-9(12)7-1-2-7/h5-7,9H,1-4,12H2. The highest BCUT2D eigenvalue weighted by Gasteiger charge is 2.28. The normalized spacial score (nSPS) is 18.9. The predicted octanol–water partition coefficient (Wildman–Crippen LogP) is 2.71. The Morgan fingerprint density at radius 3 is 2.92 bits per heavy atom. The van der Waals surface area contributed by atoms with Crippen molar-refractivity contribution >= 4 is 15.9 Å². The smallest absolute Gasteiger partial charge is 0.117 e. The van der Waals surface area contributed by atoms with E-state index in [1.165, 1.54) is 12.8 Å². The van der Waals surface area contributed by atoms with E-state index in [1.807, 2.05) is 6.07 Å². The van der Waals surface area contributed by atoms with Crippen LogP contribution in [0.5, 0.6) is 0 Å². The van der Waals surface area contributed by atoms with E-state index < -0.39 is 0 Å². The van der Waals surface area contributed by atoms with Gasteiger partial charge >= 0.3 is 0 Å². The quantitative estimate of drug-likeness (QED) is 0.884. The maximum atomic E-state index is 5.99. The maximum absolute atomic E-state index is 5.99. The van der Waals surface area contributed by atoms with Crippen molar-refractivity contribution in [3.05, 3.63) is 22.6 Å². The summed E-state index contributed by atoms with van der Waals surface area (Å²) in [6, 6.07) is 2.30. The molecule has 1 aromatic heterocycles. The number of halogens is 1. The van der Waals surface area contributed by atoms with Gasteiger partial charge in [0.25, 0.3) is 0 Å². The number of hydrogen-bond donors (Lipinski definition) is 1. The van der Waals surface area contributed by atoms with E-state index in [4.69, 9.17) is 10.2 Å². The van der Waals surface area contributed by atoms with E-state index in [9.17, 15) is 0 Å². The number of rotatable bonds is 4. The van der Waals surface area contributed by atoms with Crippen LogP contribution in [0.25, 0.3) is 0 Å². The SMILES string of the molecule is NC(CCc1occc1Br)C1CC1. The van der Waals surface area contributed by atoms with E-state index in [0.29, 0.717) is 6.04 Å². The molecule has 0 saturated heterocycles. The van der Waals surface area contributed by atoms with Crippen LogP contribution in [0.15, 0.2) is 21.2 Å². The zero-order valence-electron chi connectivity index (χ0n) is 7.50. The Kier molecular flexibility index (Phi) is 2.74. The number of hydrogen-bond acceptors (Lipinski definition) is 2. The minimum absolute atomic E-state index is 0.372. The summed E-state index contributed by atoms with van der Waals surface area (Å²) in [5.74, 6) is 1.81. The molecule has 0 amide bonds. The Labute approximate surface area is 86.6 Å². The Hall–Kier alpha value is -0.280. The van der Waals surface area contributed by atoms with Gasteiger partial charge in [-0.3, -0.25) is 0 Å². The van der Waals surface area contributed by atoms with Crippen LogP contribution < -0.4 is 5.73 Å². The molecule has 1 heterocycles. The Morgan fingerprint density at radius 1 is 1.62 bits per heavy atom. The Balaban J connectivity index is 1.81. The van der Waals surface area contributed by atoms with Crippen molar-refractivity contribution in [2.75, 3.05) is 0 Å². The molecule has 72 valence electrons. The van der Waals surface area contributed by atoms with Gasteiger partial charge in [0.2, 0.25) is 0 Å². The highest BCUT2D eigenvalue weighted by Crippen LogP contribution is 2.33. The van der Waals surface area contributed by atoms with Gasteiger partial charge in [0, 0.05) is 12.5 Å². The van der Waals surface area contributed by atoms with Crippen LogP contribution in [0.3, 0.4) is 0 Å². The van der Waals surface area contributed by atoms with Crippen molar-refractivity contribution in [1.29, 1.82) is 0 Å². The average Bonchev–Trinajstić information content (AvgIpc) is 2.88. The molecule has 1 aromatic rings. The second-order valence-electron chi connectivity index (χ2n) is 3.73. The van der Waals surface area contributed by atoms with Crippen LogP contribution in [0.1, 0.15) is 25.0 Å². The molecular weight excluding hydrogens is 230 g/mol. The third-order valence-corrected chi connectivity index (χ3v) is 3.33. The Morgan fingerprint density at radius 2 is 2.38 bits per heavy atom. The molecule has 2 N–H and O–H groups in total. The van der Waals surface area contributed by atoms with Crippen LogP contribution in [-0.4, -0.2) is 6.04 Å². The molecule has 1 fully saturated rings. The van der Waals surface area contributed by atoms with Crippen molar-refractivity contribution in [2.45, 2.75) is 31.7 Å². The summed E-state index contributed by atoms with van der Waals surface area (Å²) in [6.07, 6.45) is 6.34. The van der Waals surface area contributed by atoms with Crippen LogP contribution >= 0.6 is 15.9 Å². The molecule has 1 atom stereocenters. The molecule has 0 aromatic carbocycles. The lowest BCUT2D eigenvalue weighted by molar-refractivity contribution is 0.469. The lowest BCUT2D eigenvalue weighted by Crippen LogP contribution is -2.22. The topological polar surface area (TPSA) is 39.2 Å². The van der Waals surface area contributed by atoms with Crippen molar-refractivity contribution in [3.8, 4) is 0 Å². The number of nitrogens with two attached hydrogens (primary N) is 1. The molecule has 2 rings (SSSR count). The summed E-state index contributed by atoms with van der Waals surface area (Å²) in [5.41, 5.74) is 5.99. The van der Waals surface area contributed by atoms with Gasteiger partial charge in [-0.25, -0.2) is 0 Å². The first kappa shape index (κ1) is 9.28. The first-order chi connectivity index (χ1) is 6.27. The summed E-state index contributed by atoms with van der Waals surface area (Å²) < 4.78 is 6.38. The van der Waals surface area contributed by atoms with Crippen LogP contribution in [0.2, 0.25) is 0 Å². The minimum Gasteiger partial charge on any atom is -0.468 e. The van der Waals surface area contributed by atoms with E-state index in [1.54, 1.807) is 6.26 Å². The third-order valence-electron chi connectivity index (χ3n) is 2.62. The molecule has 0 bridgehead atoms. The third kappa shape index (κ3) is 2.35. The fraction of sp³-hybridized carbons (Fsp3) is 0.600. The first-order valence-corrected chi connectivity index (χ1v) is 5.54. The highest BCUT2D eigenvalue weighted by atomic mass is 79.9. The van der Waals surface area contributed by atoms with Gasteiger partial charge in [0.05, 0.1) is 10.7 Å². The van der Waals surface area contributed by atoms with Gasteiger partial charge in [-0.2, -0.15) is 0 Å². The minimum atomic E-state index is 0.372. The molecule has 1 saturated carbocycles. The summed E-state index contributed by atoms with van der Waals surface area (Å²) in [7, 11) is 0. The van der Waals surface area contributed by atoms with Gasteiger partial charge in [-0.1, -0.05) is 0 Å². The summed E-state index contributed by atoms with van der Waals surface area (Å²) in [4.78, 5) is 0. The van der Waals surface area contributed by atoms with Gasteiger partial charge in [0.15, 0.2) is 0 Å². The lowest BCUT2D eigenvalue weighted by atomic mass is 10.1. The van der Waals surface area contributed by atoms with E-state index in [-0.39, 0.29) is 0 Å². The largest absolute Gasteiger partial charge is 0.468 e. The van der Waals surface area contributed by atoms with Gasteiger partial charge < -0.3 is 10.2 Å². The molecule has 13 heavy (non-hydrogen) atoms. The summed E-state index contributed by atoms with van der Waals surface area (Å²) in [6.45, 7) is 0. The number of aryl methyl sites for hydroxylation is 1.